The topological polar surface area (TPSA) is 38.0 Å². The average Bonchev–Trinajstić information content (AvgIpc) is 2.27. The van der Waals surface area contributed by atoms with Crippen molar-refractivity contribution in [2.24, 2.45) is 0 Å². The summed E-state index contributed by atoms with van der Waals surface area (Å²) >= 11 is 0. The van der Waals surface area contributed by atoms with Crippen LogP contribution in [0.15, 0.2) is 36.4 Å². The molecule has 0 spiro atoms. The molecule has 2 nitrogen and oxygen atoms in total. The monoisotopic (exact) mass is 234 g/mol. The van der Waals surface area contributed by atoms with Gasteiger partial charge in [-0.3, -0.25) is 0 Å². The number of nitrogen functional groups attached to an aromatic ring is 1. The highest BCUT2D eigenvalue weighted by molar-refractivity contribution is 5.63. The van der Waals surface area contributed by atoms with Crippen LogP contribution in [0.3, 0.4) is 0 Å². The van der Waals surface area contributed by atoms with E-state index in [9.17, 15) is 8.78 Å². The van der Waals surface area contributed by atoms with Crippen molar-refractivity contribution in [1.82, 2.24) is 0 Å². The van der Waals surface area contributed by atoms with Crippen molar-refractivity contribution in [3.63, 3.8) is 0 Å². The molecule has 0 fully saturated rings. The van der Waals surface area contributed by atoms with Gasteiger partial charge in [-0.1, -0.05) is 6.07 Å². The Morgan fingerprint density at radius 1 is 0.941 bits per heavy atom. The molecule has 2 aromatic carbocycles. The first-order valence-corrected chi connectivity index (χ1v) is 5.14. The Morgan fingerprint density at radius 2 is 1.71 bits per heavy atom. The van der Waals surface area contributed by atoms with E-state index in [1.165, 1.54) is 18.2 Å². The second kappa shape index (κ2) is 4.41. The van der Waals surface area contributed by atoms with Crippen LogP contribution in [0.1, 0.15) is 5.56 Å². The van der Waals surface area contributed by atoms with Crippen LogP contribution < -0.4 is 11.1 Å². The van der Waals surface area contributed by atoms with Gasteiger partial charge in [0.05, 0.1) is 11.4 Å². The number of hydrogen-bond donors (Lipinski definition) is 2. The van der Waals surface area contributed by atoms with E-state index in [0.29, 0.717) is 5.69 Å². The fraction of sp³-hybridized carbons (Fsp3) is 0.0769. The third kappa shape index (κ3) is 2.53. The molecule has 2 aromatic rings. The summed E-state index contributed by atoms with van der Waals surface area (Å²) < 4.78 is 27.0. The minimum absolute atomic E-state index is 0.198. The Kier molecular flexibility index (Phi) is 2.95. The average molecular weight is 234 g/mol. The molecule has 0 aliphatic heterocycles. The molecule has 0 aliphatic rings. The molecule has 0 aromatic heterocycles. The van der Waals surface area contributed by atoms with Gasteiger partial charge in [0, 0.05) is 5.69 Å². The molecule has 0 atom stereocenters. The lowest BCUT2D eigenvalue weighted by atomic mass is 10.2. The second-order valence-corrected chi connectivity index (χ2v) is 3.85. The van der Waals surface area contributed by atoms with Gasteiger partial charge >= 0.3 is 0 Å². The van der Waals surface area contributed by atoms with Gasteiger partial charge in [0.15, 0.2) is 0 Å². The molecule has 4 heteroatoms. The lowest BCUT2D eigenvalue weighted by Crippen LogP contribution is -1.98. The van der Waals surface area contributed by atoms with Crippen molar-refractivity contribution in [2.75, 3.05) is 11.1 Å². The molecule has 3 N–H and O–H groups in total. The van der Waals surface area contributed by atoms with Crippen molar-refractivity contribution < 1.29 is 8.78 Å². The highest BCUT2D eigenvalue weighted by Crippen LogP contribution is 2.24. The highest BCUT2D eigenvalue weighted by Gasteiger charge is 2.06. The van der Waals surface area contributed by atoms with Gasteiger partial charge in [-0.15, -0.1) is 0 Å². The molecule has 0 saturated heterocycles. The van der Waals surface area contributed by atoms with Crippen LogP contribution in [0.25, 0.3) is 0 Å². The van der Waals surface area contributed by atoms with E-state index in [0.717, 1.165) is 5.56 Å². The maximum Gasteiger partial charge on any atom is 0.148 e. The Morgan fingerprint density at radius 3 is 2.41 bits per heavy atom. The normalized spacial score (nSPS) is 10.3. The Balaban J connectivity index is 2.34. The van der Waals surface area contributed by atoms with Gasteiger partial charge in [0.2, 0.25) is 0 Å². The number of hydrogen-bond acceptors (Lipinski definition) is 2. The summed E-state index contributed by atoms with van der Waals surface area (Å²) in [6, 6.07) is 8.83. The van der Waals surface area contributed by atoms with E-state index in [1.807, 2.05) is 6.92 Å². The quantitative estimate of drug-likeness (QED) is 0.779. The Hall–Kier alpha value is -2.10. The molecule has 0 aliphatic carbocycles. The predicted molar refractivity (Wildman–Crippen MR) is 65.2 cm³/mol. The molecule has 0 amide bonds. The number of anilines is 3. The van der Waals surface area contributed by atoms with E-state index in [4.69, 9.17) is 5.73 Å². The zero-order chi connectivity index (χ0) is 12.4. The van der Waals surface area contributed by atoms with Crippen LogP contribution in [0.4, 0.5) is 25.8 Å². The fourth-order valence-electron chi connectivity index (χ4n) is 1.51. The van der Waals surface area contributed by atoms with Gasteiger partial charge in [0.1, 0.15) is 11.6 Å². The van der Waals surface area contributed by atoms with Gasteiger partial charge < -0.3 is 11.1 Å². The summed E-state index contributed by atoms with van der Waals surface area (Å²) in [6.07, 6.45) is 0. The molecule has 0 unspecified atom stereocenters. The van der Waals surface area contributed by atoms with E-state index in [1.54, 1.807) is 18.2 Å². The third-order valence-electron chi connectivity index (χ3n) is 2.38. The zero-order valence-electron chi connectivity index (χ0n) is 9.30. The van der Waals surface area contributed by atoms with E-state index in [2.05, 4.69) is 5.32 Å². The number of halogens is 2. The molecular weight excluding hydrogens is 222 g/mol. The summed E-state index contributed by atoms with van der Waals surface area (Å²) in [5, 5.41) is 2.70. The van der Waals surface area contributed by atoms with Crippen LogP contribution in [-0.2, 0) is 0 Å². The number of benzene rings is 2. The van der Waals surface area contributed by atoms with Crippen molar-refractivity contribution >= 4 is 17.1 Å². The van der Waals surface area contributed by atoms with Crippen molar-refractivity contribution in [2.45, 2.75) is 6.92 Å². The Labute approximate surface area is 98.1 Å². The molecule has 88 valence electrons. The minimum atomic E-state index is -0.508. The summed E-state index contributed by atoms with van der Waals surface area (Å²) in [7, 11) is 0. The van der Waals surface area contributed by atoms with Crippen LogP contribution >= 0.6 is 0 Å². The van der Waals surface area contributed by atoms with Gasteiger partial charge in [-0.2, -0.15) is 0 Å². The highest BCUT2D eigenvalue weighted by atomic mass is 19.1. The van der Waals surface area contributed by atoms with Crippen LogP contribution in [0.2, 0.25) is 0 Å². The minimum Gasteiger partial charge on any atom is -0.399 e. The standard InChI is InChI=1S/C13H12F2N2/c1-8-2-4-10(14)13(6-8)17-12-5-3-9(16)7-11(12)15/h2-7,17H,16H2,1H3. The lowest BCUT2D eigenvalue weighted by Gasteiger charge is -2.09. The van der Waals surface area contributed by atoms with Crippen molar-refractivity contribution in [1.29, 1.82) is 0 Å². The van der Waals surface area contributed by atoms with Crippen LogP contribution in [0.5, 0.6) is 0 Å². The van der Waals surface area contributed by atoms with E-state index in [-0.39, 0.29) is 11.4 Å². The third-order valence-corrected chi connectivity index (χ3v) is 2.38. The molecule has 0 heterocycles. The number of nitrogens with two attached hydrogens (primary N) is 1. The van der Waals surface area contributed by atoms with Crippen molar-refractivity contribution in [3.05, 3.63) is 53.6 Å². The first-order chi connectivity index (χ1) is 8.06. The van der Waals surface area contributed by atoms with Crippen LogP contribution in [0, 0.1) is 18.6 Å². The summed E-state index contributed by atoms with van der Waals surface area (Å²) in [5.41, 5.74) is 7.10. The van der Waals surface area contributed by atoms with E-state index < -0.39 is 11.6 Å². The summed E-state index contributed by atoms with van der Waals surface area (Å²) in [5.74, 6) is -0.933. The zero-order valence-corrected chi connectivity index (χ0v) is 9.30. The first kappa shape index (κ1) is 11.4. The molecule has 17 heavy (non-hydrogen) atoms. The molecule has 0 saturated carbocycles. The molecule has 2 rings (SSSR count). The molecular formula is C13H12F2N2. The molecule has 0 bridgehead atoms. The largest absolute Gasteiger partial charge is 0.399 e. The number of nitrogens with one attached hydrogen (secondary N) is 1. The van der Waals surface area contributed by atoms with Gasteiger partial charge in [0.25, 0.3) is 0 Å². The summed E-state index contributed by atoms with van der Waals surface area (Å²) in [6.45, 7) is 1.84. The van der Waals surface area contributed by atoms with Crippen molar-refractivity contribution in [3.8, 4) is 0 Å². The SMILES string of the molecule is Cc1ccc(F)c(Nc2ccc(N)cc2F)c1. The maximum absolute atomic E-state index is 13.5. The first-order valence-electron chi connectivity index (χ1n) is 5.14. The fourth-order valence-corrected chi connectivity index (χ4v) is 1.51. The van der Waals surface area contributed by atoms with Gasteiger partial charge in [-0.25, -0.2) is 8.78 Å². The second-order valence-electron chi connectivity index (χ2n) is 3.85. The van der Waals surface area contributed by atoms with Gasteiger partial charge in [-0.05, 0) is 42.8 Å². The lowest BCUT2D eigenvalue weighted by molar-refractivity contribution is 0.625. The van der Waals surface area contributed by atoms with E-state index >= 15 is 0 Å². The van der Waals surface area contributed by atoms with Crippen LogP contribution in [-0.4, -0.2) is 0 Å². The predicted octanol–water partition coefficient (Wildman–Crippen LogP) is 3.60. The molecule has 0 radical (unpaired) electrons. The summed E-state index contributed by atoms with van der Waals surface area (Å²) in [4.78, 5) is 0. The smallest absolute Gasteiger partial charge is 0.148 e. The Bertz CT molecular complexity index is 553. The maximum atomic E-state index is 13.5. The number of aryl methyl sites for hydroxylation is 1. The number of rotatable bonds is 2.